The van der Waals surface area contributed by atoms with E-state index < -0.39 is 29.1 Å². The summed E-state index contributed by atoms with van der Waals surface area (Å²) in [5.41, 5.74) is 0.306. The fourth-order valence-electron chi connectivity index (χ4n) is 3.50. The lowest BCUT2D eigenvalue weighted by atomic mass is 10.0. The molecule has 0 aromatic heterocycles. The van der Waals surface area contributed by atoms with Crippen molar-refractivity contribution in [3.63, 3.8) is 0 Å². The number of hydrogen-bond donors (Lipinski definition) is 1. The first kappa shape index (κ1) is 22.5. The Balaban J connectivity index is 2.02. The summed E-state index contributed by atoms with van der Waals surface area (Å²) in [6.07, 6.45) is 0. The molecule has 0 aliphatic carbocycles. The molecule has 1 aliphatic rings. The summed E-state index contributed by atoms with van der Waals surface area (Å²) < 4.78 is 38.1. The topological polar surface area (TPSA) is 79.3 Å². The van der Waals surface area contributed by atoms with Crippen molar-refractivity contribution < 1.29 is 33.0 Å². The first-order valence-corrected chi connectivity index (χ1v) is 9.74. The Hall–Kier alpha value is -3.20. The van der Waals surface area contributed by atoms with Crippen LogP contribution in [0.5, 0.6) is 5.75 Å². The largest absolute Gasteiger partial charge is 0.481 e. The van der Waals surface area contributed by atoms with Gasteiger partial charge in [-0.1, -0.05) is 0 Å². The summed E-state index contributed by atoms with van der Waals surface area (Å²) in [5.74, 6) is -3.27. The number of aliphatic hydroxyl groups excluding tert-OH is 1. The number of hydrogen-bond acceptors (Lipinski definition) is 6. The number of carbonyl (C=O) groups excluding carboxylic acids is 2. The van der Waals surface area contributed by atoms with Crippen LogP contribution in [-0.4, -0.2) is 49.4 Å². The minimum Gasteiger partial charge on any atom is -0.481 e. The van der Waals surface area contributed by atoms with E-state index in [1.807, 2.05) is 11.9 Å². The van der Waals surface area contributed by atoms with Gasteiger partial charge in [0.25, 0.3) is 0 Å². The number of amides is 1. The van der Waals surface area contributed by atoms with Gasteiger partial charge in [0.2, 0.25) is 0 Å². The second-order valence-electron chi connectivity index (χ2n) is 7.61. The van der Waals surface area contributed by atoms with Gasteiger partial charge in [0.05, 0.1) is 32.0 Å². The highest BCUT2D eigenvalue weighted by Crippen LogP contribution is 2.39. The zero-order valence-corrected chi connectivity index (χ0v) is 17.5. The van der Waals surface area contributed by atoms with Crippen LogP contribution < -0.4 is 14.5 Å². The predicted octanol–water partition coefficient (Wildman–Crippen LogP) is 2.64. The number of benzene rings is 2. The van der Waals surface area contributed by atoms with Crippen molar-refractivity contribution in [2.75, 3.05) is 36.6 Å². The third kappa shape index (κ3) is 4.93. The SMILES string of the molecule is CCOC(=O)C(=O)N(Cc1cc(F)cc(F)c1)c1ccc2c(c1)OC(C)(CO)CN2C. The Morgan fingerprint density at radius 2 is 1.90 bits per heavy atom. The number of esters is 1. The highest BCUT2D eigenvalue weighted by Gasteiger charge is 2.35. The van der Waals surface area contributed by atoms with Crippen molar-refractivity contribution in [2.45, 2.75) is 26.0 Å². The maximum atomic E-state index is 13.7. The Morgan fingerprint density at radius 3 is 2.52 bits per heavy atom. The van der Waals surface area contributed by atoms with E-state index in [1.165, 1.54) is 0 Å². The summed E-state index contributed by atoms with van der Waals surface area (Å²) in [6.45, 7) is 3.27. The first-order chi connectivity index (χ1) is 14.7. The summed E-state index contributed by atoms with van der Waals surface area (Å²) in [4.78, 5) is 27.9. The zero-order valence-electron chi connectivity index (χ0n) is 17.5. The Labute approximate surface area is 178 Å². The number of ether oxygens (including phenoxy) is 2. The van der Waals surface area contributed by atoms with Crippen molar-refractivity contribution in [2.24, 2.45) is 0 Å². The lowest BCUT2D eigenvalue weighted by molar-refractivity contribution is -0.153. The molecule has 3 rings (SSSR count). The molecule has 9 heteroatoms. The molecule has 0 radical (unpaired) electrons. The molecule has 1 atom stereocenters. The first-order valence-electron chi connectivity index (χ1n) is 9.74. The highest BCUT2D eigenvalue weighted by atomic mass is 19.1. The normalized spacial score (nSPS) is 17.5. The van der Waals surface area contributed by atoms with E-state index in [4.69, 9.17) is 9.47 Å². The minimum absolute atomic E-state index is 0.0000447. The van der Waals surface area contributed by atoms with Gasteiger partial charge in [-0.25, -0.2) is 13.6 Å². The van der Waals surface area contributed by atoms with Crippen LogP contribution in [0.2, 0.25) is 0 Å². The van der Waals surface area contributed by atoms with Gasteiger partial charge in [0.15, 0.2) is 0 Å². The molecule has 1 aliphatic heterocycles. The van der Waals surface area contributed by atoms with Gasteiger partial charge in [0.1, 0.15) is 23.0 Å². The molecule has 2 aromatic carbocycles. The molecule has 1 N–H and O–H groups in total. The van der Waals surface area contributed by atoms with Crippen LogP contribution in [0.1, 0.15) is 19.4 Å². The second kappa shape index (κ2) is 8.89. The van der Waals surface area contributed by atoms with Crippen molar-refractivity contribution in [1.29, 1.82) is 0 Å². The van der Waals surface area contributed by atoms with Crippen LogP contribution in [0, 0.1) is 11.6 Å². The van der Waals surface area contributed by atoms with Gasteiger partial charge in [-0.2, -0.15) is 0 Å². The monoisotopic (exact) mass is 434 g/mol. The van der Waals surface area contributed by atoms with E-state index in [0.717, 1.165) is 28.8 Å². The molecular formula is C22H24F2N2O5. The highest BCUT2D eigenvalue weighted by molar-refractivity contribution is 6.38. The maximum absolute atomic E-state index is 13.7. The minimum atomic E-state index is -1.09. The van der Waals surface area contributed by atoms with E-state index in [1.54, 1.807) is 32.0 Å². The fourth-order valence-corrected chi connectivity index (χ4v) is 3.50. The van der Waals surface area contributed by atoms with E-state index in [0.29, 0.717) is 12.3 Å². The van der Waals surface area contributed by atoms with Crippen LogP contribution in [0.3, 0.4) is 0 Å². The van der Waals surface area contributed by atoms with Gasteiger partial charge in [-0.3, -0.25) is 9.69 Å². The number of rotatable bonds is 5. The van der Waals surface area contributed by atoms with Gasteiger partial charge >= 0.3 is 11.9 Å². The van der Waals surface area contributed by atoms with Gasteiger partial charge < -0.3 is 19.5 Å². The van der Waals surface area contributed by atoms with Crippen LogP contribution in [0.25, 0.3) is 0 Å². The quantitative estimate of drug-likeness (QED) is 0.576. The standard InChI is InChI=1S/C22H24F2N2O5/c1-4-30-21(29)20(28)26(11-14-7-15(23)9-16(24)8-14)17-5-6-18-19(10-17)31-22(2,13-27)12-25(18)3/h5-10,27H,4,11-13H2,1-3H3. The molecule has 1 amide bonds. The van der Waals surface area contributed by atoms with Crippen LogP contribution >= 0.6 is 0 Å². The van der Waals surface area contributed by atoms with Gasteiger partial charge in [-0.15, -0.1) is 0 Å². The van der Waals surface area contributed by atoms with Crippen molar-refractivity contribution >= 4 is 23.3 Å². The molecule has 0 saturated carbocycles. The molecular weight excluding hydrogens is 410 g/mol. The molecule has 0 saturated heterocycles. The number of halogens is 2. The Morgan fingerprint density at radius 1 is 1.23 bits per heavy atom. The number of fused-ring (bicyclic) bond motifs is 1. The predicted molar refractivity (Wildman–Crippen MR) is 110 cm³/mol. The Kier molecular flexibility index (Phi) is 6.45. The Bertz CT molecular complexity index is 980. The van der Waals surface area contributed by atoms with Crippen molar-refractivity contribution in [1.82, 2.24) is 0 Å². The van der Waals surface area contributed by atoms with E-state index in [2.05, 4.69) is 0 Å². The van der Waals surface area contributed by atoms with E-state index >= 15 is 0 Å². The molecule has 1 heterocycles. The summed E-state index contributed by atoms with van der Waals surface area (Å²) >= 11 is 0. The van der Waals surface area contributed by atoms with Crippen molar-refractivity contribution in [3.8, 4) is 5.75 Å². The number of aliphatic hydroxyl groups is 1. The van der Waals surface area contributed by atoms with Crippen molar-refractivity contribution in [3.05, 3.63) is 53.6 Å². The molecule has 1 unspecified atom stereocenters. The smallest absolute Gasteiger partial charge is 0.397 e. The number of nitrogens with zero attached hydrogens (tertiary/aromatic N) is 2. The summed E-state index contributed by atoms with van der Waals surface area (Å²) in [7, 11) is 1.84. The zero-order chi connectivity index (χ0) is 22.8. The van der Waals surface area contributed by atoms with Gasteiger partial charge in [-0.05, 0) is 43.7 Å². The van der Waals surface area contributed by atoms with Crippen LogP contribution in [-0.2, 0) is 20.9 Å². The molecule has 2 aromatic rings. The van der Waals surface area contributed by atoms with Crippen LogP contribution in [0.15, 0.2) is 36.4 Å². The molecule has 0 bridgehead atoms. The molecule has 7 nitrogen and oxygen atoms in total. The number of likely N-dealkylation sites (N-methyl/N-ethyl adjacent to an activating group) is 1. The average Bonchev–Trinajstić information content (AvgIpc) is 2.70. The third-order valence-corrected chi connectivity index (χ3v) is 4.89. The lowest BCUT2D eigenvalue weighted by Crippen LogP contribution is -2.50. The number of anilines is 2. The second-order valence-corrected chi connectivity index (χ2v) is 7.61. The summed E-state index contributed by atoms with van der Waals surface area (Å²) in [5, 5.41) is 9.69. The lowest BCUT2D eigenvalue weighted by Gasteiger charge is -2.40. The maximum Gasteiger partial charge on any atom is 0.397 e. The molecule has 0 spiro atoms. The van der Waals surface area contributed by atoms with Gasteiger partial charge in [0, 0.05) is 24.9 Å². The fraction of sp³-hybridized carbons (Fsp3) is 0.364. The third-order valence-electron chi connectivity index (χ3n) is 4.89. The van der Waals surface area contributed by atoms with E-state index in [-0.39, 0.29) is 31.0 Å². The molecule has 0 fully saturated rings. The molecule has 166 valence electrons. The average molecular weight is 434 g/mol. The molecule has 31 heavy (non-hydrogen) atoms. The number of carbonyl (C=O) groups is 2. The summed E-state index contributed by atoms with van der Waals surface area (Å²) in [6, 6.07) is 7.75. The van der Waals surface area contributed by atoms with Crippen LogP contribution in [0.4, 0.5) is 20.2 Å². The van der Waals surface area contributed by atoms with E-state index in [9.17, 15) is 23.5 Å².